The number of halogens is 1. The number of nitrogens with one attached hydrogen (secondary N) is 1. The van der Waals surface area contributed by atoms with Gasteiger partial charge in [-0.2, -0.15) is 0 Å². The number of fused-ring (bicyclic) bond motifs is 1. The van der Waals surface area contributed by atoms with Crippen LogP contribution in [0.3, 0.4) is 0 Å². The molecule has 42 heavy (non-hydrogen) atoms. The fraction of sp³-hybridized carbons (Fsp3) is 0.0294. The van der Waals surface area contributed by atoms with E-state index in [0.717, 1.165) is 22.3 Å². The van der Waals surface area contributed by atoms with Gasteiger partial charge in [0.05, 0.1) is 5.69 Å². The molecule has 0 unspecified atom stereocenters. The van der Waals surface area contributed by atoms with Crippen LogP contribution in [0.1, 0.15) is 16.8 Å². The molecule has 3 aromatic heterocycles. The number of carbonyl (C=O) groups is 1. The fourth-order valence-corrected chi connectivity index (χ4v) is 4.88. The van der Waals surface area contributed by atoms with E-state index in [1.54, 1.807) is 47.4 Å². The summed E-state index contributed by atoms with van der Waals surface area (Å²) in [6, 6.07) is 29.9. The summed E-state index contributed by atoms with van der Waals surface area (Å²) in [6.45, 7) is 0. The molecular weight excluding hydrogens is 546 g/mol. The molecular formula is C34H24ClN5O2. The molecule has 3 heterocycles. The van der Waals surface area contributed by atoms with Gasteiger partial charge in [-0.1, -0.05) is 54.1 Å². The van der Waals surface area contributed by atoms with Crippen molar-refractivity contribution in [2.45, 2.75) is 6.42 Å². The summed E-state index contributed by atoms with van der Waals surface area (Å²) in [7, 11) is 0. The highest BCUT2D eigenvalue weighted by atomic mass is 35.5. The minimum Gasteiger partial charge on any atom is -0.322 e. The Balaban J connectivity index is 1.32. The number of pyridine rings is 2. The molecule has 0 atom stereocenters. The largest absolute Gasteiger partial charge is 0.322 e. The maximum Gasteiger partial charge on any atom is 0.278 e. The molecule has 0 aliphatic carbocycles. The van der Waals surface area contributed by atoms with Crippen molar-refractivity contribution in [3.8, 4) is 16.8 Å². The van der Waals surface area contributed by atoms with Gasteiger partial charge >= 0.3 is 0 Å². The summed E-state index contributed by atoms with van der Waals surface area (Å²) in [6.07, 6.45) is 8.61. The van der Waals surface area contributed by atoms with Crippen molar-refractivity contribution in [2.75, 3.05) is 5.32 Å². The Morgan fingerprint density at radius 3 is 2.52 bits per heavy atom. The zero-order valence-corrected chi connectivity index (χ0v) is 23.1. The van der Waals surface area contributed by atoms with Crippen LogP contribution in [-0.2, 0) is 11.2 Å². The third kappa shape index (κ3) is 6.01. The average molecular weight is 570 g/mol. The van der Waals surface area contributed by atoms with E-state index in [2.05, 4.69) is 20.3 Å². The van der Waals surface area contributed by atoms with Crippen molar-refractivity contribution in [1.82, 2.24) is 19.5 Å². The molecule has 1 amide bonds. The number of carbonyl (C=O) groups excluding carboxylic acids is 1. The molecule has 8 heteroatoms. The van der Waals surface area contributed by atoms with Crippen molar-refractivity contribution in [3.05, 3.63) is 154 Å². The predicted molar refractivity (Wildman–Crippen MR) is 167 cm³/mol. The lowest BCUT2D eigenvalue weighted by Crippen LogP contribution is -2.25. The molecule has 0 spiro atoms. The molecule has 0 aliphatic heterocycles. The summed E-state index contributed by atoms with van der Waals surface area (Å²) < 4.78 is 1.60. The Morgan fingerprint density at radius 1 is 0.881 bits per heavy atom. The molecule has 3 aromatic carbocycles. The fourth-order valence-electron chi connectivity index (χ4n) is 4.68. The highest BCUT2D eigenvalue weighted by Crippen LogP contribution is 2.26. The van der Waals surface area contributed by atoms with Crippen molar-refractivity contribution in [2.24, 2.45) is 0 Å². The highest BCUT2D eigenvalue weighted by molar-refractivity contribution is 6.30. The van der Waals surface area contributed by atoms with Crippen molar-refractivity contribution in [1.29, 1.82) is 0 Å². The zero-order chi connectivity index (χ0) is 28.9. The minimum atomic E-state index is -0.261. The maximum absolute atomic E-state index is 13.8. The van der Waals surface area contributed by atoms with Gasteiger partial charge in [0.15, 0.2) is 5.65 Å². The number of anilines is 1. The van der Waals surface area contributed by atoms with Crippen LogP contribution in [0.2, 0.25) is 5.02 Å². The van der Waals surface area contributed by atoms with E-state index in [9.17, 15) is 9.59 Å². The van der Waals surface area contributed by atoms with E-state index < -0.39 is 0 Å². The van der Waals surface area contributed by atoms with Crippen molar-refractivity contribution < 1.29 is 4.79 Å². The van der Waals surface area contributed by atoms with Crippen LogP contribution in [-0.4, -0.2) is 25.4 Å². The van der Waals surface area contributed by atoms with E-state index in [0.29, 0.717) is 39.7 Å². The molecule has 0 bridgehead atoms. The molecule has 7 nitrogen and oxygen atoms in total. The Labute approximate surface area is 246 Å². The summed E-state index contributed by atoms with van der Waals surface area (Å²) in [5.74, 6) is -0.261. The number of benzene rings is 3. The van der Waals surface area contributed by atoms with Crippen LogP contribution >= 0.6 is 11.6 Å². The second kappa shape index (κ2) is 12.0. The lowest BCUT2D eigenvalue weighted by molar-refractivity contribution is -0.111. The molecule has 204 valence electrons. The monoisotopic (exact) mass is 569 g/mol. The molecule has 6 rings (SSSR count). The normalized spacial score (nSPS) is 11.2. The molecule has 0 saturated heterocycles. The van der Waals surface area contributed by atoms with Gasteiger partial charge in [-0.15, -0.1) is 0 Å². The smallest absolute Gasteiger partial charge is 0.278 e. The maximum atomic E-state index is 13.8. The van der Waals surface area contributed by atoms with Crippen LogP contribution in [0.15, 0.2) is 127 Å². The summed E-state index contributed by atoms with van der Waals surface area (Å²) in [4.78, 5) is 39.7. The lowest BCUT2D eigenvalue weighted by atomic mass is 10.0. The molecule has 6 aromatic rings. The first kappa shape index (κ1) is 26.8. The Hall–Kier alpha value is -5.40. The number of rotatable bonds is 7. The average Bonchev–Trinajstić information content (AvgIpc) is 3.01. The third-order valence-corrected chi connectivity index (χ3v) is 6.86. The molecule has 0 aliphatic rings. The number of hydrogen-bond donors (Lipinski definition) is 1. The van der Waals surface area contributed by atoms with Crippen molar-refractivity contribution >= 4 is 40.4 Å². The SMILES string of the molecule is O=C(C=Cc1cccc(Cl)c1)Nc1cccc(-c2cccc(-n3c(=O)c(Cc4cccnc4)nc4cccnc43)c2)c1. The topological polar surface area (TPSA) is 89.8 Å². The number of hydrogen-bond acceptors (Lipinski definition) is 5. The summed E-state index contributed by atoms with van der Waals surface area (Å²) in [5.41, 5.74) is 6.05. The van der Waals surface area contributed by atoms with Crippen LogP contribution in [0.5, 0.6) is 0 Å². The van der Waals surface area contributed by atoms with Crippen LogP contribution < -0.4 is 10.9 Å². The van der Waals surface area contributed by atoms with E-state index in [4.69, 9.17) is 11.6 Å². The number of aromatic nitrogens is 4. The first-order valence-corrected chi connectivity index (χ1v) is 13.6. The van der Waals surface area contributed by atoms with Crippen molar-refractivity contribution in [3.63, 3.8) is 0 Å². The standard InChI is InChI=1S/C34H24ClN5O2/c35-27-10-1-6-23(18-27)14-15-32(41)38-28-11-2-8-25(20-28)26-9-3-12-29(21-26)40-33-30(13-5-17-37-33)39-31(34(40)42)19-24-7-4-16-36-22-24/h1-18,20-22H,19H2,(H,38,41). The van der Waals surface area contributed by atoms with Crippen LogP contribution in [0, 0.1) is 0 Å². The van der Waals surface area contributed by atoms with Gasteiger partial charge in [0.1, 0.15) is 11.2 Å². The predicted octanol–water partition coefficient (Wildman–Crippen LogP) is 6.74. The van der Waals surface area contributed by atoms with E-state index >= 15 is 0 Å². The Morgan fingerprint density at radius 2 is 1.69 bits per heavy atom. The first-order valence-electron chi connectivity index (χ1n) is 13.2. The van der Waals surface area contributed by atoms with Gasteiger partial charge < -0.3 is 5.32 Å². The zero-order valence-electron chi connectivity index (χ0n) is 22.3. The summed E-state index contributed by atoms with van der Waals surface area (Å²) in [5, 5.41) is 3.52. The van der Waals surface area contributed by atoms with E-state index in [1.807, 2.05) is 78.9 Å². The number of nitrogens with zero attached hydrogens (tertiary/aromatic N) is 4. The molecule has 1 N–H and O–H groups in total. The van der Waals surface area contributed by atoms with Gasteiger partial charge in [0.25, 0.3) is 5.56 Å². The van der Waals surface area contributed by atoms with Gasteiger partial charge in [0, 0.05) is 41.8 Å². The second-order valence-corrected chi connectivity index (χ2v) is 10.0. The quantitative estimate of drug-likeness (QED) is 0.215. The Bertz CT molecular complexity index is 2000. The third-order valence-electron chi connectivity index (χ3n) is 6.62. The lowest BCUT2D eigenvalue weighted by Gasteiger charge is -2.13. The molecule has 0 radical (unpaired) electrons. The number of amides is 1. The first-order chi connectivity index (χ1) is 20.5. The van der Waals surface area contributed by atoms with Gasteiger partial charge in [-0.05, 0) is 82.9 Å². The van der Waals surface area contributed by atoms with E-state index in [1.165, 1.54) is 6.08 Å². The minimum absolute atomic E-state index is 0.241. The Kier molecular flexibility index (Phi) is 7.66. The van der Waals surface area contributed by atoms with E-state index in [-0.39, 0.29) is 11.5 Å². The van der Waals surface area contributed by atoms with Gasteiger partial charge in [-0.3, -0.25) is 19.1 Å². The van der Waals surface area contributed by atoms with Gasteiger partial charge in [-0.25, -0.2) is 9.97 Å². The van der Waals surface area contributed by atoms with Crippen LogP contribution in [0.25, 0.3) is 34.1 Å². The highest BCUT2D eigenvalue weighted by Gasteiger charge is 2.15. The molecule has 0 saturated carbocycles. The molecule has 0 fully saturated rings. The van der Waals surface area contributed by atoms with Crippen LogP contribution in [0.4, 0.5) is 5.69 Å². The summed E-state index contributed by atoms with van der Waals surface area (Å²) >= 11 is 6.03. The second-order valence-electron chi connectivity index (χ2n) is 9.59. The van der Waals surface area contributed by atoms with Gasteiger partial charge in [0.2, 0.25) is 5.91 Å².